The Labute approximate surface area is 162 Å². The molecule has 0 spiro atoms. The van der Waals surface area contributed by atoms with Crippen LogP contribution in [-0.2, 0) is 11.2 Å². The lowest BCUT2D eigenvalue weighted by Crippen LogP contribution is -2.47. The van der Waals surface area contributed by atoms with E-state index in [0.717, 1.165) is 50.3 Å². The van der Waals surface area contributed by atoms with Gasteiger partial charge in [0, 0.05) is 37.8 Å². The van der Waals surface area contributed by atoms with Crippen LogP contribution in [0, 0.1) is 0 Å². The van der Waals surface area contributed by atoms with Crippen molar-refractivity contribution in [2.45, 2.75) is 38.6 Å². The first-order chi connectivity index (χ1) is 13.2. The number of ether oxygens (including phenoxy) is 1. The second kappa shape index (κ2) is 9.56. The lowest BCUT2D eigenvalue weighted by molar-refractivity contribution is -0.119. The van der Waals surface area contributed by atoms with Crippen molar-refractivity contribution in [3.05, 3.63) is 60.2 Å². The number of anilines is 1. The molecule has 0 radical (unpaired) electrons. The molecule has 1 fully saturated rings. The zero-order chi connectivity index (χ0) is 19.1. The van der Waals surface area contributed by atoms with Crippen LogP contribution < -0.4 is 9.64 Å². The molecule has 27 heavy (non-hydrogen) atoms. The van der Waals surface area contributed by atoms with Gasteiger partial charge in [-0.25, -0.2) is 0 Å². The number of rotatable bonds is 7. The fraction of sp³-hybridized carbons (Fsp3) is 0.435. The number of amides is 1. The number of nitrogens with zero attached hydrogens (tertiary/aromatic N) is 2. The van der Waals surface area contributed by atoms with E-state index in [4.69, 9.17) is 4.74 Å². The van der Waals surface area contributed by atoms with Crippen LogP contribution >= 0.6 is 0 Å². The fourth-order valence-corrected chi connectivity index (χ4v) is 3.91. The van der Waals surface area contributed by atoms with Gasteiger partial charge in [0.15, 0.2) is 0 Å². The average Bonchev–Trinajstić information content (AvgIpc) is 2.74. The SMILES string of the molecule is CCC(=O)N(c1ccccc1)C1CCN(CCc2ccccc2OC)CC1. The molecule has 1 aliphatic heterocycles. The molecular weight excluding hydrogens is 336 g/mol. The van der Waals surface area contributed by atoms with Crippen LogP contribution in [0.3, 0.4) is 0 Å². The highest BCUT2D eigenvalue weighted by atomic mass is 16.5. The summed E-state index contributed by atoms with van der Waals surface area (Å²) in [6, 6.07) is 18.6. The van der Waals surface area contributed by atoms with Crippen molar-refractivity contribution >= 4 is 11.6 Å². The second-order valence-electron chi connectivity index (χ2n) is 7.09. The fourth-order valence-electron chi connectivity index (χ4n) is 3.91. The summed E-state index contributed by atoms with van der Waals surface area (Å²) in [5.41, 5.74) is 2.28. The van der Waals surface area contributed by atoms with Crippen molar-refractivity contribution < 1.29 is 9.53 Å². The van der Waals surface area contributed by atoms with Crippen molar-refractivity contribution in [1.29, 1.82) is 0 Å². The van der Waals surface area contributed by atoms with E-state index in [1.54, 1.807) is 7.11 Å². The third-order valence-electron chi connectivity index (χ3n) is 5.42. The van der Waals surface area contributed by atoms with Crippen LogP contribution in [-0.4, -0.2) is 43.6 Å². The summed E-state index contributed by atoms with van der Waals surface area (Å²) >= 11 is 0. The van der Waals surface area contributed by atoms with Gasteiger partial charge in [-0.15, -0.1) is 0 Å². The Bertz CT molecular complexity index is 724. The Hall–Kier alpha value is -2.33. The molecule has 144 valence electrons. The van der Waals surface area contributed by atoms with Gasteiger partial charge in [0.2, 0.25) is 5.91 Å². The quantitative estimate of drug-likeness (QED) is 0.738. The first kappa shape index (κ1) is 19.4. The maximum atomic E-state index is 12.6. The zero-order valence-electron chi connectivity index (χ0n) is 16.4. The van der Waals surface area contributed by atoms with Gasteiger partial charge in [-0.1, -0.05) is 43.3 Å². The molecule has 2 aromatic rings. The zero-order valence-corrected chi connectivity index (χ0v) is 16.4. The first-order valence-corrected chi connectivity index (χ1v) is 9.94. The highest BCUT2D eigenvalue weighted by molar-refractivity contribution is 5.93. The minimum Gasteiger partial charge on any atom is -0.496 e. The summed E-state index contributed by atoms with van der Waals surface area (Å²) in [4.78, 5) is 17.1. The van der Waals surface area contributed by atoms with E-state index in [2.05, 4.69) is 17.0 Å². The van der Waals surface area contributed by atoms with Crippen LogP contribution in [0.15, 0.2) is 54.6 Å². The Morgan fingerprint density at radius 2 is 1.74 bits per heavy atom. The Kier molecular flexibility index (Phi) is 6.88. The van der Waals surface area contributed by atoms with Crippen molar-refractivity contribution in [3.8, 4) is 5.75 Å². The largest absolute Gasteiger partial charge is 0.496 e. The Balaban J connectivity index is 1.58. The number of benzene rings is 2. The molecule has 2 aromatic carbocycles. The summed E-state index contributed by atoms with van der Waals surface area (Å²) in [5, 5.41) is 0. The van der Waals surface area contributed by atoms with Crippen LogP contribution in [0.2, 0.25) is 0 Å². The monoisotopic (exact) mass is 366 g/mol. The van der Waals surface area contributed by atoms with Crippen molar-refractivity contribution in [2.24, 2.45) is 0 Å². The number of carbonyl (C=O) groups is 1. The summed E-state index contributed by atoms with van der Waals surface area (Å²) in [7, 11) is 1.73. The molecule has 0 N–H and O–H groups in total. The van der Waals surface area contributed by atoms with E-state index in [-0.39, 0.29) is 5.91 Å². The average molecular weight is 367 g/mol. The van der Waals surface area contributed by atoms with Crippen LogP contribution in [0.4, 0.5) is 5.69 Å². The summed E-state index contributed by atoms with van der Waals surface area (Å²) in [6.07, 6.45) is 3.58. The Morgan fingerprint density at radius 1 is 1.07 bits per heavy atom. The number of carbonyl (C=O) groups excluding carboxylic acids is 1. The van der Waals surface area contributed by atoms with Gasteiger partial charge in [-0.3, -0.25) is 4.79 Å². The van der Waals surface area contributed by atoms with Gasteiger partial charge >= 0.3 is 0 Å². The number of likely N-dealkylation sites (tertiary alicyclic amines) is 1. The smallest absolute Gasteiger partial charge is 0.226 e. The molecule has 0 aromatic heterocycles. The van der Waals surface area contributed by atoms with E-state index in [1.165, 1.54) is 5.56 Å². The number of methoxy groups -OCH3 is 1. The molecule has 1 saturated heterocycles. The lowest BCUT2D eigenvalue weighted by atomic mass is 10.0. The topological polar surface area (TPSA) is 32.8 Å². The van der Waals surface area contributed by atoms with Gasteiger partial charge in [0.25, 0.3) is 0 Å². The molecule has 0 saturated carbocycles. The van der Waals surface area contributed by atoms with E-state index in [9.17, 15) is 4.79 Å². The normalized spacial score (nSPS) is 15.5. The molecule has 0 atom stereocenters. The molecule has 0 unspecified atom stereocenters. The molecule has 4 nitrogen and oxygen atoms in total. The maximum Gasteiger partial charge on any atom is 0.226 e. The molecule has 0 aliphatic carbocycles. The second-order valence-corrected chi connectivity index (χ2v) is 7.09. The number of para-hydroxylation sites is 2. The number of hydrogen-bond donors (Lipinski definition) is 0. The summed E-state index contributed by atoms with van der Waals surface area (Å²) in [6.45, 7) is 5.03. The predicted molar refractivity (Wildman–Crippen MR) is 110 cm³/mol. The van der Waals surface area contributed by atoms with Gasteiger partial charge in [0.05, 0.1) is 7.11 Å². The van der Waals surface area contributed by atoms with E-state index < -0.39 is 0 Å². The molecular formula is C23H30N2O2. The van der Waals surface area contributed by atoms with E-state index >= 15 is 0 Å². The Morgan fingerprint density at radius 3 is 2.41 bits per heavy atom. The van der Waals surface area contributed by atoms with Crippen LogP contribution in [0.25, 0.3) is 0 Å². The van der Waals surface area contributed by atoms with Gasteiger partial charge in [0.1, 0.15) is 5.75 Å². The minimum atomic E-state index is 0.216. The summed E-state index contributed by atoms with van der Waals surface area (Å²) in [5.74, 6) is 1.19. The lowest BCUT2D eigenvalue weighted by Gasteiger charge is -2.38. The van der Waals surface area contributed by atoms with Crippen molar-refractivity contribution in [2.75, 3.05) is 31.6 Å². The highest BCUT2D eigenvalue weighted by Gasteiger charge is 2.28. The minimum absolute atomic E-state index is 0.216. The highest BCUT2D eigenvalue weighted by Crippen LogP contribution is 2.25. The number of hydrogen-bond acceptors (Lipinski definition) is 3. The van der Waals surface area contributed by atoms with Gasteiger partial charge < -0.3 is 14.5 Å². The van der Waals surface area contributed by atoms with Crippen LogP contribution in [0.1, 0.15) is 31.7 Å². The van der Waals surface area contributed by atoms with E-state index in [1.807, 2.05) is 54.3 Å². The maximum absolute atomic E-state index is 12.6. The van der Waals surface area contributed by atoms with Crippen LogP contribution in [0.5, 0.6) is 5.75 Å². The van der Waals surface area contributed by atoms with E-state index in [0.29, 0.717) is 12.5 Å². The van der Waals surface area contributed by atoms with Crippen molar-refractivity contribution in [1.82, 2.24) is 4.90 Å². The molecule has 1 amide bonds. The first-order valence-electron chi connectivity index (χ1n) is 9.94. The third kappa shape index (κ3) is 4.89. The molecule has 1 heterocycles. The summed E-state index contributed by atoms with van der Waals surface area (Å²) < 4.78 is 5.46. The van der Waals surface area contributed by atoms with Gasteiger partial charge in [-0.2, -0.15) is 0 Å². The van der Waals surface area contributed by atoms with Gasteiger partial charge in [-0.05, 0) is 43.0 Å². The molecule has 4 heteroatoms. The third-order valence-corrected chi connectivity index (χ3v) is 5.42. The number of piperidine rings is 1. The molecule has 1 aliphatic rings. The molecule has 0 bridgehead atoms. The molecule has 3 rings (SSSR count). The predicted octanol–water partition coefficient (Wildman–Crippen LogP) is 4.15. The standard InChI is InChI=1S/C23H30N2O2/c1-3-23(26)25(20-10-5-4-6-11-20)21-14-17-24(18-15-21)16-13-19-9-7-8-12-22(19)27-2/h4-12,21H,3,13-18H2,1-2H3. The van der Waals surface area contributed by atoms with Crippen molar-refractivity contribution in [3.63, 3.8) is 0 Å².